The molecule has 0 bridgehead atoms. The van der Waals surface area contributed by atoms with Crippen LogP contribution in [0.3, 0.4) is 0 Å². The van der Waals surface area contributed by atoms with E-state index in [0.29, 0.717) is 16.9 Å². The van der Waals surface area contributed by atoms with Crippen molar-refractivity contribution in [3.8, 4) is 0 Å². The van der Waals surface area contributed by atoms with Crippen molar-refractivity contribution in [2.45, 2.75) is 0 Å². The van der Waals surface area contributed by atoms with E-state index < -0.39 is 0 Å². The van der Waals surface area contributed by atoms with Gasteiger partial charge in [-0.05, 0) is 6.07 Å². The number of hydrogen-bond acceptors (Lipinski definition) is 5. The number of rotatable bonds is 2. The van der Waals surface area contributed by atoms with E-state index in [2.05, 4.69) is 10.3 Å². The zero-order valence-electron chi connectivity index (χ0n) is 7.66. The third-order valence-corrected chi connectivity index (χ3v) is 2.02. The molecule has 1 aromatic carbocycles. The van der Waals surface area contributed by atoms with E-state index in [0.717, 1.165) is 11.6 Å². The van der Waals surface area contributed by atoms with Crippen LogP contribution in [0.2, 0.25) is 0 Å². The lowest BCUT2D eigenvalue weighted by Gasteiger charge is -1.87. The van der Waals surface area contributed by atoms with Gasteiger partial charge in [0.1, 0.15) is 11.8 Å². The second-order valence-electron chi connectivity index (χ2n) is 2.87. The largest absolute Gasteiger partial charge is 0.454 e. The molecule has 2 aromatic rings. The molecule has 1 heterocycles. The van der Waals surface area contributed by atoms with Crippen LogP contribution in [-0.4, -0.2) is 22.8 Å². The Hall–Kier alpha value is -2.30. The Morgan fingerprint density at radius 1 is 1.07 bits per heavy atom. The molecule has 0 aliphatic rings. The molecule has 0 radical (unpaired) electrons. The molecule has 0 saturated heterocycles. The minimum atomic E-state index is 0.344. The Morgan fingerprint density at radius 2 is 1.80 bits per heavy atom. The number of para-hydroxylation sites is 1. The molecular formula is C10H8N2O3. The average Bonchev–Trinajstić information content (AvgIpc) is 2.59. The summed E-state index contributed by atoms with van der Waals surface area (Å²) in [5, 5.41) is 23.6. The highest BCUT2D eigenvalue weighted by atomic mass is 16.4. The van der Waals surface area contributed by atoms with E-state index in [1.165, 1.54) is 6.21 Å². The summed E-state index contributed by atoms with van der Waals surface area (Å²) in [7, 11) is 0. The third kappa shape index (κ3) is 1.54. The molecule has 15 heavy (non-hydrogen) atoms. The van der Waals surface area contributed by atoms with Crippen LogP contribution < -0.4 is 0 Å². The van der Waals surface area contributed by atoms with Gasteiger partial charge in [-0.3, -0.25) is 0 Å². The fraction of sp³-hybridized carbons (Fsp3) is 0. The van der Waals surface area contributed by atoms with Crippen LogP contribution >= 0.6 is 0 Å². The predicted molar refractivity (Wildman–Crippen MR) is 55.0 cm³/mol. The summed E-state index contributed by atoms with van der Waals surface area (Å²) in [5.74, 6) is 0.344. The Morgan fingerprint density at radius 3 is 2.53 bits per heavy atom. The van der Waals surface area contributed by atoms with E-state index in [9.17, 15) is 0 Å². The topological polar surface area (TPSA) is 78.3 Å². The first-order chi connectivity index (χ1) is 7.36. The Balaban J connectivity index is 2.74. The summed E-state index contributed by atoms with van der Waals surface area (Å²) in [4.78, 5) is 0. The highest BCUT2D eigenvalue weighted by Crippen LogP contribution is 2.23. The van der Waals surface area contributed by atoms with Gasteiger partial charge in [0.15, 0.2) is 5.76 Å². The zero-order chi connectivity index (χ0) is 10.7. The van der Waals surface area contributed by atoms with Gasteiger partial charge in [-0.15, -0.1) is 0 Å². The van der Waals surface area contributed by atoms with E-state index in [1.54, 1.807) is 6.07 Å². The van der Waals surface area contributed by atoms with E-state index in [4.69, 9.17) is 14.8 Å². The van der Waals surface area contributed by atoms with Crippen molar-refractivity contribution in [3.63, 3.8) is 0 Å². The fourth-order valence-electron chi connectivity index (χ4n) is 1.42. The second kappa shape index (κ2) is 3.83. The number of furan rings is 1. The third-order valence-electron chi connectivity index (χ3n) is 2.02. The number of benzene rings is 1. The van der Waals surface area contributed by atoms with Gasteiger partial charge < -0.3 is 14.8 Å². The van der Waals surface area contributed by atoms with Crippen molar-refractivity contribution in [2.24, 2.45) is 10.3 Å². The SMILES string of the molecule is ON=Cc1oc2ccccc2c1C=NO. The molecule has 2 N–H and O–H groups in total. The van der Waals surface area contributed by atoms with Crippen LogP contribution in [0.5, 0.6) is 0 Å². The summed E-state index contributed by atoms with van der Waals surface area (Å²) in [6.45, 7) is 0. The number of oxime groups is 2. The van der Waals surface area contributed by atoms with E-state index >= 15 is 0 Å². The zero-order valence-corrected chi connectivity index (χ0v) is 7.66. The first-order valence-electron chi connectivity index (χ1n) is 4.23. The average molecular weight is 204 g/mol. The Kier molecular flexibility index (Phi) is 2.37. The lowest BCUT2D eigenvalue weighted by Crippen LogP contribution is -1.86. The molecule has 0 aliphatic carbocycles. The Bertz CT molecular complexity index is 528. The van der Waals surface area contributed by atoms with Crippen LogP contribution in [0, 0.1) is 0 Å². The summed E-state index contributed by atoms with van der Waals surface area (Å²) >= 11 is 0. The maximum atomic E-state index is 8.51. The number of fused-ring (bicyclic) bond motifs is 1. The van der Waals surface area contributed by atoms with Crippen molar-refractivity contribution in [2.75, 3.05) is 0 Å². The molecule has 0 unspecified atom stereocenters. The van der Waals surface area contributed by atoms with Gasteiger partial charge in [0.2, 0.25) is 0 Å². The van der Waals surface area contributed by atoms with Gasteiger partial charge in [0.25, 0.3) is 0 Å². The van der Waals surface area contributed by atoms with Gasteiger partial charge in [0, 0.05) is 5.39 Å². The first kappa shape index (κ1) is 9.26. The van der Waals surface area contributed by atoms with E-state index in [-0.39, 0.29) is 0 Å². The minimum Gasteiger partial charge on any atom is -0.454 e. The molecule has 5 nitrogen and oxygen atoms in total. The molecule has 0 aliphatic heterocycles. The van der Waals surface area contributed by atoms with Crippen molar-refractivity contribution in [1.82, 2.24) is 0 Å². The van der Waals surface area contributed by atoms with Crippen molar-refractivity contribution >= 4 is 23.4 Å². The summed E-state index contributed by atoms with van der Waals surface area (Å²) in [6, 6.07) is 7.27. The number of nitrogens with zero attached hydrogens (tertiary/aromatic N) is 2. The monoisotopic (exact) mass is 204 g/mol. The molecule has 0 fully saturated rings. The summed E-state index contributed by atoms with van der Waals surface area (Å²) in [6.07, 6.45) is 2.39. The molecule has 0 saturated carbocycles. The van der Waals surface area contributed by atoms with Gasteiger partial charge in [-0.25, -0.2) is 0 Å². The van der Waals surface area contributed by atoms with Crippen molar-refractivity contribution < 1.29 is 14.8 Å². The normalized spacial score (nSPS) is 12.0. The molecule has 2 rings (SSSR count). The maximum absolute atomic E-state index is 8.51. The second-order valence-corrected chi connectivity index (χ2v) is 2.87. The van der Waals surface area contributed by atoms with Crippen LogP contribution in [0.4, 0.5) is 0 Å². The summed E-state index contributed by atoms with van der Waals surface area (Å²) < 4.78 is 5.38. The van der Waals surface area contributed by atoms with Gasteiger partial charge in [-0.2, -0.15) is 0 Å². The van der Waals surface area contributed by atoms with Gasteiger partial charge in [-0.1, -0.05) is 28.5 Å². The van der Waals surface area contributed by atoms with Crippen LogP contribution in [0.25, 0.3) is 11.0 Å². The molecular weight excluding hydrogens is 196 g/mol. The highest BCUT2D eigenvalue weighted by molar-refractivity contribution is 6.04. The smallest absolute Gasteiger partial charge is 0.158 e. The highest BCUT2D eigenvalue weighted by Gasteiger charge is 2.10. The molecule has 0 spiro atoms. The lowest BCUT2D eigenvalue weighted by molar-refractivity contribution is 0.320. The molecule has 0 atom stereocenters. The standard InChI is InChI=1S/C10H8N2O3/c13-11-5-8-7-3-1-2-4-9(7)15-10(8)6-12-14/h1-6,13-14H. The van der Waals surface area contributed by atoms with Crippen molar-refractivity contribution in [1.29, 1.82) is 0 Å². The quantitative estimate of drug-likeness (QED) is 0.446. The number of hydrogen-bond donors (Lipinski definition) is 2. The lowest BCUT2D eigenvalue weighted by atomic mass is 10.1. The van der Waals surface area contributed by atoms with E-state index in [1.807, 2.05) is 18.2 Å². The van der Waals surface area contributed by atoms with Gasteiger partial charge >= 0.3 is 0 Å². The van der Waals surface area contributed by atoms with Crippen molar-refractivity contribution in [3.05, 3.63) is 35.6 Å². The van der Waals surface area contributed by atoms with Gasteiger partial charge in [0.05, 0.1) is 11.8 Å². The first-order valence-corrected chi connectivity index (χ1v) is 4.23. The predicted octanol–water partition coefficient (Wildman–Crippen LogP) is 2.05. The van der Waals surface area contributed by atoms with Crippen LogP contribution in [0.15, 0.2) is 39.0 Å². The Labute approximate surface area is 84.9 Å². The molecule has 0 amide bonds. The molecule has 5 heteroatoms. The summed E-state index contributed by atoms with van der Waals surface area (Å²) in [5.41, 5.74) is 1.22. The van der Waals surface area contributed by atoms with Crippen LogP contribution in [-0.2, 0) is 0 Å². The molecule has 76 valence electrons. The molecule has 1 aromatic heterocycles. The maximum Gasteiger partial charge on any atom is 0.158 e. The minimum absolute atomic E-state index is 0.344. The fourth-order valence-corrected chi connectivity index (χ4v) is 1.42. The van der Waals surface area contributed by atoms with Crippen LogP contribution in [0.1, 0.15) is 11.3 Å².